The normalized spacial score (nSPS) is 17.0. The number of rotatable bonds is 3. The highest BCUT2D eigenvalue weighted by atomic mass is 35.5. The number of halogens is 1. The molecule has 6 heteroatoms. The molecule has 0 spiro atoms. The van der Waals surface area contributed by atoms with Gasteiger partial charge >= 0.3 is 0 Å². The van der Waals surface area contributed by atoms with Crippen LogP contribution in [0.25, 0.3) is 0 Å². The van der Waals surface area contributed by atoms with Crippen LogP contribution in [-0.2, 0) is 7.05 Å². The van der Waals surface area contributed by atoms with Gasteiger partial charge in [0.25, 0.3) is 11.5 Å². The van der Waals surface area contributed by atoms with Crippen LogP contribution in [0.3, 0.4) is 0 Å². The van der Waals surface area contributed by atoms with Crippen LogP contribution in [0.4, 0.5) is 0 Å². The molecule has 1 amide bonds. The molecule has 1 aliphatic rings. The van der Waals surface area contributed by atoms with Gasteiger partial charge < -0.3 is 9.47 Å². The predicted octanol–water partition coefficient (Wildman–Crippen LogP) is 3.39. The quantitative estimate of drug-likeness (QED) is 0.760. The Balaban J connectivity index is 1.83. The first kappa shape index (κ1) is 19.4. The molecule has 5 nitrogen and oxygen atoms in total. The zero-order valence-corrected chi connectivity index (χ0v) is 16.5. The third kappa shape index (κ3) is 3.83. The summed E-state index contributed by atoms with van der Waals surface area (Å²) in [4.78, 5) is 40.1. The zero-order valence-electron chi connectivity index (χ0n) is 15.8. The van der Waals surface area contributed by atoms with Crippen molar-refractivity contribution in [3.8, 4) is 0 Å². The van der Waals surface area contributed by atoms with Crippen molar-refractivity contribution in [3.63, 3.8) is 0 Å². The maximum absolute atomic E-state index is 13.0. The van der Waals surface area contributed by atoms with Crippen molar-refractivity contribution < 1.29 is 9.59 Å². The topological polar surface area (TPSA) is 59.4 Å². The van der Waals surface area contributed by atoms with E-state index in [9.17, 15) is 14.4 Å². The Kier molecular flexibility index (Phi) is 5.51. The smallest absolute Gasteiger partial charge is 0.263 e. The first-order valence-electron chi connectivity index (χ1n) is 9.06. The van der Waals surface area contributed by atoms with Crippen LogP contribution in [0, 0.1) is 19.8 Å². The number of piperidine rings is 1. The highest BCUT2D eigenvalue weighted by Crippen LogP contribution is 2.23. The number of ketones is 1. The Labute approximate surface area is 163 Å². The highest BCUT2D eigenvalue weighted by molar-refractivity contribution is 6.30. The van der Waals surface area contributed by atoms with Gasteiger partial charge in [-0.05, 0) is 62.6 Å². The second-order valence-electron chi connectivity index (χ2n) is 7.17. The number of carbonyl (C=O) groups is 2. The molecule has 0 radical (unpaired) electrons. The van der Waals surface area contributed by atoms with Gasteiger partial charge in [-0.1, -0.05) is 11.6 Å². The van der Waals surface area contributed by atoms with Gasteiger partial charge in [0.1, 0.15) is 5.56 Å². The van der Waals surface area contributed by atoms with E-state index < -0.39 is 0 Å². The lowest BCUT2D eigenvalue weighted by Crippen LogP contribution is -2.44. The molecule has 1 atom stereocenters. The van der Waals surface area contributed by atoms with Crippen molar-refractivity contribution in [3.05, 3.63) is 68.1 Å². The third-order valence-electron chi connectivity index (χ3n) is 5.29. The van der Waals surface area contributed by atoms with E-state index in [0.717, 1.165) is 18.5 Å². The van der Waals surface area contributed by atoms with Crippen LogP contribution < -0.4 is 5.56 Å². The average Bonchev–Trinajstić information content (AvgIpc) is 2.66. The standard InChI is InChI=1S/C21H23ClN2O3/c1-13-11-14(2)23(3)20(26)18(13)21(27)24-10-4-5-16(12-24)19(25)15-6-8-17(22)9-7-15/h6-9,11,16H,4-5,10,12H2,1-3H3. The number of aryl methyl sites for hydroxylation is 2. The van der Waals surface area contributed by atoms with E-state index in [1.54, 1.807) is 43.1 Å². The van der Waals surface area contributed by atoms with Crippen molar-refractivity contribution in [2.24, 2.45) is 13.0 Å². The predicted molar refractivity (Wildman–Crippen MR) is 106 cm³/mol. The summed E-state index contributed by atoms with van der Waals surface area (Å²) < 4.78 is 1.49. The van der Waals surface area contributed by atoms with Gasteiger partial charge in [-0.2, -0.15) is 0 Å². The van der Waals surface area contributed by atoms with Crippen LogP contribution in [0.1, 0.15) is 44.8 Å². The van der Waals surface area contributed by atoms with Gasteiger partial charge in [-0.25, -0.2) is 0 Å². The molecular weight excluding hydrogens is 364 g/mol. The summed E-state index contributed by atoms with van der Waals surface area (Å²) in [5.74, 6) is -0.544. The number of hydrogen-bond donors (Lipinski definition) is 0. The maximum Gasteiger partial charge on any atom is 0.263 e. The second-order valence-corrected chi connectivity index (χ2v) is 7.61. The van der Waals surface area contributed by atoms with E-state index in [4.69, 9.17) is 11.6 Å². The molecule has 1 unspecified atom stereocenters. The van der Waals surface area contributed by atoms with E-state index >= 15 is 0 Å². The van der Waals surface area contributed by atoms with Gasteiger partial charge in [0, 0.05) is 42.3 Å². The van der Waals surface area contributed by atoms with E-state index in [-0.39, 0.29) is 28.7 Å². The molecule has 0 aliphatic carbocycles. The minimum atomic E-state index is -0.290. The molecular formula is C21H23ClN2O3. The Bertz CT molecular complexity index is 947. The van der Waals surface area contributed by atoms with Gasteiger partial charge in [0.15, 0.2) is 5.78 Å². The summed E-state index contributed by atoms with van der Waals surface area (Å²) in [5.41, 5.74) is 1.99. The summed E-state index contributed by atoms with van der Waals surface area (Å²) >= 11 is 5.89. The Morgan fingerprint density at radius 2 is 1.81 bits per heavy atom. The van der Waals surface area contributed by atoms with E-state index in [1.807, 2.05) is 13.0 Å². The molecule has 3 rings (SSSR count). The Hall–Kier alpha value is -2.40. The van der Waals surface area contributed by atoms with Crippen molar-refractivity contribution in [2.75, 3.05) is 13.1 Å². The summed E-state index contributed by atoms with van der Waals surface area (Å²) in [5, 5.41) is 0.581. The third-order valence-corrected chi connectivity index (χ3v) is 5.54. The number of carbonyl (C=O) groups excluding carboxylic acids is 2. The minimum absolute atomic E-state index is 0.0118. The molecule has 0 N–H and O–H groups in total. The Morgan fingerprint density at radius 3 is 2.48 bits per heavy atom. The number of pyridine rings is 1. The van der Waals surface area contributed by atoms with Crippen molar-refractivity contribution in [1.82, 2.24) is 9.47 Å². The molecule has 1 fully saturated rings. The lowest BCUT2D eigenvalue weighted by Gasteiger charge is -2.32. The number of amides is 1. The number of nitrogens with zero attached hydrogens (tertiary/aromatic N) is 2. The average molecular weight is 387 g/mol. The van der Waals surface area contributed by atoms with Crippen LogP contribution in [-0.4, -0.2) is 34.2 Å². The lowest BCUT2D eigenvalue weighted by atomic mass is 9.89. The minimum Gasteiger partial charge on any atom is -0.338 e. The second kappa shape index (κ2) is 7.69. The molecule has 142 valence electrons. The van der Waals surface area contributed by atoms with Gasteiger partial charge in [0.2, 0.25) is 0 Å². The number of aromatic nitrogens is 1. The van der Waals surface area contributed by atoms with Crippen molar-refractivity contribution >= 4 is 23.3 Å². The summed E-state index contributed by atoms with van der Waals surface area (Å²) in [6.45, 7) is 4.50. The monoisotopic (exact) mass is 386 g/mol. The molecule has 2 aromatic rings. The van der Waals surface area contributed by atoms with Crippen molar-refractivity contribution in [2.45, 2.75) is 26.7 Å². The van der Waals surface area contributed by atoms with Gasteiger partial charge in [-0.15, -0.1) is 0 Å². The van der Waals surface area contributed by atoms with Crippen LogP contribution >= 0.6 is 11.6 Å². The summed E-state index contributed by atoms with van der Waals surface area (Å²) in [7, 11) is 1.66. The fraction of sp³-hybridized carbons (Fsp3) is 0.381. The van der Waals surface area contributed by atoms with E-state index in [1.165, 1.54) is 4.57 Å². The molecule has 0 bridgehead atoms. The maximum atomic E-state index is 13.0. The first-order chi connectivity index (χ1) is 12.8. The van der Waals surface area contributed by atoms with Crippen LogP contribution in [0.5, 0.6) is 0 Å². The van der Waals surface area contributed by atoms with Crippen LogP contribution in [0.2, 0.25) is 5.02 Å². The Morgan fingerprint density at radius 1 is 1.15 bits per heavy atom. The molecule has 1 saturated heterocycles. The first-order valence-corrected chi connectivity index (χ1v) is 9.43. The number of Topliss-reactive ketones (excluding diaryl/α,β-unsaturated/α-hetero) is 1. The molecule has 2 heterocycles. The molecule has 1 aliphatic heterocycles. The largest absolute Gasteiger partial charge is 0.338 e. The van der Waals surface area contributed by atoms with Gasteiger partial charge in [-0.3, -0.25) is 14.4 Å². The fourth-order valence-electron chi connectivity index (χ4n) is 3.62. The SMILES string of the molecule is Cc1cc(C)n(C)c(=O)c1C(=O)N1CCCC(C(=O)c2ccc(Cl)cc2)C1. The van der Waals surface area contributed by atoms with E-state index in [2.05, 4.69) is 0 Å². The summed E-state index contributed by atoms with van der Waals surface area (Å²) in [6, 6.07) is 8.66. The lowest BCUT2D eigenvalue weighted by molar-refractivity contribution is 0.0634. The van der Waals surface area contributed by atoms with Crippen LogP contribution in [0.15, 0.2) is 35.1 Å². The molecule has 1 aromatic heterocycles. The van der Waals surface area contributed by atoms with Crippen molar-refractivity contribution in [1.29, 1.82) is 0 Å². The van der Waals surface area contributed by atoms with Gasteiger partial charge in [0.05, 0.1) is 0 Å². The highest BCUT2D eigenvalue weighted by Gasteiger charge is 2.31. The van der Waals surface area contributed by atoms with E-state index in [0.29, 0.717) is 29.2 Å². The number of likely N-dealkylation sites (tertiary alicyclic amines) is 1. The zero-order chi connectivity index (χ0) is 19.7. The number of benzene rings is 1. The summed E-state index contributed by atoms with van der Waals surface area (Å²) in [6.07, 6.45) is 1.47. The molecule has 27 heavy (non-hydrogen) atoms. The molecule has 1 aromatic carbocycles. The molecule has 0 saturated carbocycles. The fourth-order valence-corrected chi connectivity index (χ4v) is 3.75. The number of hydrogen-bond acceptors (Lipinski definition) is 3.